The van der Waals surface area contributed by atoms with Crippen molar-refractivity contribution in [1.29, 1.82) is 0 Å². The number of hydrogen-bond acceptors (Lipinski definition) is 6. The summed E-state index contributed by atoms with van der Waals surface area (Å²) in [6, 6.07) is 17.2. The highest BCUT2D eigenvalue weighted by Gasteiger charge is 2.29. The summed E-state index contributed by atoms with van der Waals surface area (Å²) < 4.78 is 7.68. The third-order valence-corrected chi connectivity index (χ3v) is 8.17. The van der Waals surface area contributed by atoms with E-state index in [0.717, 1.165) is 27.4 Å². The molecule has 35 heavy (non-hydrogen) atoms. The number of hydrogen-bond donors (Lipinski definition) is 1. The maximum absolute atomic E-state index is 13.9. The number of amides is 1. The van der Waals surface area contributed by atoms with Crippen molar-refractivity contribution in [1.82, 2.24) is 9.55 Å². The van der Waals surface area contributed by atoms with Crippen LogP contribution < -0.4 is 10.9 Å². The lowest BCUT2D eigenvalue weighted by molar-refractivity contribution is -0.113. The van der Waals surface area contributed by atoms with Crippen molar-refractivity contribution in [3.63, 3.8) is 0 Å². The number of thioether (sulfide) groups is 1. The fraction of sp³-hybridized carbons (Fsp3) is 0.296. The molecule has 2 aromatic heterocycles. The maximum Gasteiger partial charge on any atom is 0.267 e. The van der Waals surface area contributed by atoms with Gasteiger partial charge in [-0.05, 0) is 42.7 Å². The molecular weight excluding hydrogens is 478 g/mol. The molecule has 2 aromatic carbocycles. The molecule has 1 N–H and O–H groups in total. The van der Waals surface area contributed by atoms with Gasteiger partial charge < -0.3 is 10.1 Å². The average Bonchev–Trinajstić information content (AvgIpc) is 3.22. The average molecular weight is 506 g/mol. The predicted molar refractivity (Wildman–Crippen MR) is 143 cm³/mol. The molecule has 1 atom stereocenters. The normalized spacial score (nSPS) is 15.4. The minimum atomic E-state index is -0.147. The van der Waals surface area contributed by atoms with Crippen molar-refractivity contribution in [2.75, 3.05) is 11.1 Å². The number of rotatable bonds is 6. The molecule has 6 nitrogen and oxygen atoms in total. The molecule has 1 aliphatic rings. The van der Waals surface area contributed by atoms with Gasteiger partial charge >= 0.3 is 0 Å². The van der Waals surface area contributed by atoms with E-state index in [-0.39, 0.29) is 23.3 Å². The first-order chi connectivity index (χ1) is 16.9. The van der Waals surface area contributed by atoms with Crippen LogP contribution in [0, 0.1) is 12.8 Å². The molecule has 8 heteroatoms. The first-order valence-corrected chi connectivity index (χ1v) is 13.4. The summed E-state index contributed by atoms with van der Waals surface area (Å²) in [6.07, 6.45) is 0.800. The molecule has 0 saturated heterocycles. The van der Waals surface area contributed by atoms with Crippen LogP contribution in [0.1, 0.15) is 29.9 Å². The molecule has 1 aliphatic heterocycles. The Morgan fingerprint density at radius 1 is 1.20 bits per heavy atom. The van der Waals surface area contributed by atoms with Gasteiger partial charge in [-0.3, -0.25) is 14.2 Å². The van der Waals surface area contributed by atoms with Gasteiger partial charge in [0.2, 0.25) is 5.91 Å². The first kappa shape index (κ1) is 23.8. The van der Waals surface area contributed by atoms with Gasteiger partial charge in [-0.15, -0.1) is 11.3 Å². The second-order valence-corrected chi connectivity index (χ2v) is 11.1. The Labute approximate surface area is 212 Å². The van der Waals surface area contributed by atoms with Crippen molar-refractivity contribution in [3.05, 3.63) is 81.0 Å². The Kier molecular flexibility index (Phi) is 6.77. The second kappa shape index (κ2) is 9.97. The number of nitrogens with one attached hydrogen (secondary N) is 1. The van der Waals surface area contributed by atoms with Gasteiger partial charge in [-0.2, -0.15) is 0 Å². The number of anilines is 1. The number of para-hydroxylation sites is 1. The molecule has 1 amide bonds. The van der Waals surface area contributed by atoms with Crippen LogP contribution in [0.4, 0.5) is 5.69 Å². The van der Waals surface area contributed by atoms with Crippen molar-refractivity contribution >= 4 is 44.9 Å². The molecule has 0 unspecified atom stereocenters. The minimum absolute atomic E-state index is 0.0874. The maximum atomic E-state index is 13.9. The van der Waals surface area contributed by atoms with Gasteiger partial charge in [0.1, 0.15) is 4.83 Å². The van der Waals surface area contributed by atoms with Crippen LogP contribution in [0.15, 0.2) is 64.5 Å². The summed E-state index contributed by atoms with van der Waals surface area (Å²) in [6.45, 7) is 6.79. The summed E-state index contributed by atoms with van der Waals surface area (Å²) >= 11 is 2.79. The SMILES string of the molecule is Cc1ccc(NC(=O)CSc2nc3sc4c(c3c(=O)n2-c2ccccc2)C[C@H](C(C)C)OC4)cc1. The number of carbonyl (C=O) groups is 1. The van der Waals surface area contributed by atoms with Crippen molar-refractivity contribution in [2.45, 2.75) is 45.1 Å². The fourth-order valence-corrected chi connectivity index (χ4v) is 6.18. The van der Waals surface area contributed by atoms with Crippen LogP contribution in [-0.4, -0.2) is 27.3 Å². The van der Waals surface area contributed by atoms with Crippen LogP contribution in [-0.2, 0) is 22.6 Å². The number of ether oxygens (including phenoxy) is 1. The standard InChI is InChI=1S/C27H27N3O3S2/c1-16(2)21-13-20-22(14-33-21)35-25-24(20)26(32)30(19-7-5-4-6-8-19)27(29-25)34-15-23(31)28-18-11-9-17(3)10-12-18/h4-12,16,21H,13-15H2,1-3H3,(H,28,31)/t21-/m1/s1. The molecule has 0 saturated carbocycles. The molecule has 3 heterocycles. The molecule has 180 valence electrons. The Bertz CT molecular complexity index is 1430. The summed E-state index contributed by atoms with van der Waals surface area (Å²) in [4.78, 5) is 33.2. The smallest absolute Gasteiger partial charge is 0.267 e. The van der Waals surface area contributed by atoms with E-state index >= 15 is 0 Å². The molecule has 0 bridgehead atoms. The third kappa shape index (κ3) is 4.91. The van der Waals surface area contributed by atoms with Crippen molar-refractivity contribution in [3.8, 4) is 5.69 Å². The molecule has 0 spiro atoms. The largest absolute Gasteiger partial charge is 0.372 e. The number of aryl methyl sites for hydroxylation is 1. The van der Waals surface area contributed by atoms with Gasteiger partial charge in [0.05, 0.1) is 29.5 Å². The zero-order valence-electron chi connectivity index (χ0n) is 19.9. The van der Waals surface area contributed by atoms with E-state index in [1.54, 1.807) is 4.57 Å². The van der Waals surface area contributed by atoms with E-state index in [9.17, 15) is 9.59 Å². The molecule has 0 radical (unpaired) electrons. The lowest BCUT2D eigenvalue weighted by Gasteiger charge is -2.26. The van der Waals surface area contributed by atoms with Gasteiger partial charge in [-0.1, -0.05) is 61.5 Å². The fourth-order valence-electron chi connectivity index (χ4n) is 4.20. The highest BCUT2D eigenvalue weighted by molar-refractivity contribution is 7.99. The predicted octanol–water partition coefficient (Wildman–Crippen LogP) is 5.58. The van der Waals surface area contributed by atoms with E-state index in [1.165, 1.54) is 23.1 Å². The van der Waals surface area contributed by atoms with Gasteiger partial charge in [-0.25, -0.2) is 4.98 Å². The van der Waals surface area contributed by atoms with Gasteiger partial charge in [0.25, 0.3) is 5.56 Å². The van der Waals surface area contributed by atoms with Gasteiger partial charge in [0.15, 0.2) is 5.16 Å². The van der Waals surface area contributed by atoms with Crippen molar-refractivity contribution < 1.29 is 9.53 Å². The number of nitrogens with zero attached hydrogens (tertiary/aromatic N) is 2. The molecule has 0 fully saturated rings. The lowest BCUT2D eigenvalue weighted by Crippen LogP contribution is -2.28. The Hall–Kier alpha value is -2.94. The van der Waals surface area contributed by atoms with Crippen molar-refractivity contribution in [2.24, 2.45) is 5.92 Å². The van der Waals surface area contributed by atoms with Gasteiger partial charge in [0, 0.05) is 17.0 Å². The Morgan fingerprint density at radius 3 is 2.66 bits per heavy atom. The van der Waals surface area contributed by atoms with Crippen LogP contribution in [0.25, 0.3) is 15.9 Å². The van der Waals surface area contributed by atoms with Crippen LogP contribution >= 0.6 is 23.1 Å². The third-order valence-electron chi connectivity index (χ3n) is 6.14. The number of benzene rings is 2. The highest BCUT2D eigenvalue weighted by Crippen LogP contribution is 2.36. The van der Waals surface area contributed by atoms with E-state index < -0.39 is 0 Å². The topological polar surface area (TPSA) is 73.2 Å². The molecular formula is C27H27N3O3S2. The summed E-state index contributed by atoms with van der Waals surface area (Å²) in [5.41, 5.74) is 3.58. The zero-order chi connectivity index (χ0) is 24.5. The number of thiophene rings is 1. The lowest BCUT2D eigenvalue weighted by atomic mass is 9.96. The number of carbonyl (C=O) groups excluding carboxylic acids is 1. The highest BCUT2D eigenvalue weighted by atomic mass is 32.2. The van der Waals surface area contributed by atoms with E-state index in [4.69, 9.17) is 9.72 Å². The van der Waals surface area contributed by atoms with E-state index in [0.29, 0.717) is 34.3 Å². The Morgan fingerprint density at radius 2 is 1.94 bits per heavy atom. The second-order valence-electron chi connectivity index (χ2n) is 9.05. The van der Waals surface area contributed by atoms with Crippen LogP contribution in [0.5, 0.6) is 0 Å². The quantitative estimate of drug-likeness (QED) is 0.273. The molecule has 4 aromatic rings. The van der Waals surface area contributed by atoms with E-state index in [2.05, 4.69) is 19.2 Å². The van der Waals surface area contributed by atoms with Crippen LogP contribution in [0.2, 0.25) is 0 Å². The summed E-state index contributed by atoms with van der Waals surface area (Å²) in [5, 5.41) is 4.10. The Balaban J connectivity index is 1.51. The number of aromatic nitrogens is 2. The number of fused-ring (bicyclic) bond motifs is 3. The minimum Gasteiger partial charge on any atom is -0.372 e. The van der Waals surface area contributed by atoms with E-state index in [1.807, 2.05) is 61.5 Å². The summed E-state index contributed by atoms with van der Waals surface area (Å²) in [7, 11) is 0. The zero-order valence-corrected chi connectivity index (χ0v) is 21.5. The monoisotopic (exact) mass is 505 g/mol. The molecule has 0 aliphatic carbocycles. The van der Waals surface area contributed by atoms with Crippen LogP contribution in [0.3, 0.4) is 0 Å². The first-order valence-electron chi connectivity index (χ1n) is 11.6. The molecule has 5 rings (SSSR count). The summed E-state index contributed by atoms with van der Waals surface area (Å²) in [5.74, 6) is 0.359.